The van der Waals surface area contributed by atoms with Crippen molar-refractivity contribution in [3.63, 3.8) is 0 Å². The van der Waals surface area contributed by atoms with Gasteiger partial charge in [0.25, 0.3) is 5.91 Å². The molecule has 0 aliphatic carbocycles. The molecule has 31 heavy (non-hydrogen) atoms. The van der Waals surface area contributed by atoms with E-state index < -0.39 is 11.7 Å². The maximum atomic E-state index is 12.9. The number of amides is 1. The minimum atomic E-state index is -4.36. The first-order valence-corrected chi connectivity index (χ1v) is 10.6. The number of halogens is 3. The zero-order chi connectivity index (χ0) is 22.0. The molecule has 4 rings (SSSR count). The van der Waals surface area contributed by atoms with Crippen molar-refractivity contribution in [2.24, 2.45) is 0 Å². The molecule has 5 nitrogen and oxygen atoms in total. The Labute approximate surface area is 181 Å². The standard InChI is InChI=1S/C22H20F3N3O2S/c1-14-20(31-13-27-14)21(29)28-7-8-30-19(12-28)18-6-5-16(11-26-18)9-15-3-2-4-17(10-15)22(23,24)25/h2-6,10-11,13,19H,7-9,12H2,1H3/t19-/m0/s1. The van der Waals surface area contributed by atoms with E-state index in [4.69, 9.17) is 4.74 Å². The molecular weight excluding hydrogens is 427 g/mol. The molecule has 0 bridgehead atoms. The first-order chi connectivity index (χ1) is 14.8. The number of alkyl halides is 3. The zero-order valence-corrected chi connectivity index (χ0v) is 17.5. The van der Waals surface area contributed by atoms with E-state index in [1.807, 2.05) is 13.0 Å². The lowest BCUT2D eigenvalue weighted by Gasteiger charge is -2.32. The van der Waals surface area contributed by atoms with Crippen molar-refractivity contribution in [2.45, 2.75) is 25.6 Å². The minimum absolute atomic E-state index is 0.0607. The fraction of sp³-hybridized carbons (Fsp3) is 0.318. The number of rotatable bonds is 4. The number of ether oxygens (including phenoxy) is 1. The summed E-state index contributed by atoms with van der Waals surface area (Å²) >= 11 is 1.32. The highest BCUT2D eigenvalue weighted by atomic mass is 32.1. The summed E-state index contributed by atoms with van der Waals surface area (Å²) in [7, 11) is 0. The Morgan fingerprint density at radius 3 is 2.74 bits per heavy atom. The van der Waals surface area contributed by atoms with Crippen LogP contribution in [-0.4, -0.2) is 40.5 Å². The van der Waals surface area contributed by atoms with Gasteiger partial charge in [-0.2, -0.15) is 13.2 Å². The molecule has 162 valence electrons. The van der Waals surface area contributed by atoms with Crippen LogP contribution in [0.4, 0.5) is 13.2 Å². The third-order valence-corrected chi connectivity index (χ3v) is 6.05. The second kappa shape index (κ2) is 8.76. The highest BCUT2D eigenvalue weighted by molar-refractivity contribution is 7.11. The van der Waals surface area contributed by atoms with Crippen molar-refractivity contribution in [1.29, 1.82) is 0 Å². The number of aromatic nitrogens is 2. The van der Waals surface area contributed by atoms with Gasteiger partial charge in [0.05, 0.1) is 35.6 Å². The molecule has 3 heterocycles. The molecule has 1 fully saturated rings. The topological polar surface area (TPSA) is 55.3 Å². The predicted octanol–water partition coefficient (Wildman–Crippen LogP) is 4.67. The van der Waals surface area contributed by atoms with Gasteiger partial charge in [0.2, 0.25) is 0 Å². The maximum absolute atomic E-state index is 12.9. The summed E-state index contributed by atoms with van der Waals surface area (Å²) in [6, 6.07) is 8.93. The molecule has 3 aromatic rings. The van der Waals surface area contributed by atoms with Gasteiger partial charge in [-0.25, -0.2) is 4.98 Å². The van der Waals surface area contributed by atoms with Crippen LogP contribution in [-0.2, 0) is 17.3 Å². The number of nitrogens with zero attached hydrogens (tertiary/aromatic N) is 3. The quantitative estimate of drug-likeness (QED) is 0.583. The molecule has 0 N–H and O–H groups in total. The van der Waals surface area contributed by atoms with E-state index in [0.29, 0.717) is 42.3 Å². The summed E-state index contributed by atoms with van der Waals surface area (Å²) in [6.45, 7) is 3.10. The smallest absolute Gasteiger partial charge is 0.368 e. The zero-order valence-electron chi connectivity index (χ0n) is 16.7. The summed E-state index contributed by atoms with van der Waals surface area (Å²) in [4.78, 5) is 23.7. The molecule has 1 atom stereocenters. The minimum Gasteiger partial charge on any atom is -0.368 e. The van der Waals surface area contributed by atoms with Crippen molar-refractivity contribution in [2.75, 3.05) is 19.7 Å². The second-order valence-corrected chi connectivity index (χ2v) is 8.20. The van der Waals surface area contributed by atoms with Crippen LogP contribution in [0.2, 0.25) is 0 Å². The molecular formula is C22H20F3N3O2S. The van der Waals surface area contributed by atoms with Gasteiger partial charge in [-0.05, 0) is 36.6 Å². The number of hydrogen-bond donors (Lipinski definition) is 0. The summed E-state index contributed by atoms with van der Waals surface area (Å²) in [5.74, 6) is -0.0607. The monoisotopic (exact) mass is 447 g/mol. The molecule has 1 saturated heterocycles. The lowest BCUT2D eigenvalue weighted by molar-refractivity contribution is -0.137. The highest BCUT2D eigenvalue weighted by Gasteiger charge is 2.30. The average molecular weight is 447 g/mol. The number of aryl methyl sites for hydroxylation is 1. The fourth-order valence-electron chi connectivity index (χ4n) is 3.49. The first-order valence-electron chi connectivity index (χ1n) is 9.73. The van der Waals surface area contributed by atoms with Gasteiger partial charge in [-0.15, -0.1) is 11.3 Å². The molecule has 9 heteroatoms. The van der Waals surface area contributed by atoms with Gasteiger partial charge in [-0.3, -0.25) is 9.78 Å². The number of pyridine rings is 1. The van der Waals surface area contributed by atoms with Crippen molar-refractivity contribution >= 4 is 17.2 Å². The Hall–Kier alpha value is -2.78. The third kappa shape index (κ3) is 4.94. The lowest BCUT2D eigenvalue weighted by atomic mass is 10.0. The lowest BCUT2D eigenvalue weighted by Crippen LogP contribution is -2.42. The molecule has 0 spiro atoms. The Kier molecular flexibility index (Phi) is 6.06. The number of morpholine rings is 1. The van der Waals surface area contributed by atoms with Gasteiger partial charge in [0.1, 0.15) is 11.0 Å². The number of benzene rings is 1. The van der Waals surface area contributed by atoms with E-state index in [0.717, 1.165) is 23.4 Å². The number of carbonyl (C=O) groups is 1. The summed E-state index contributed by atoms with van der Waals surface area (Å²) in [5, 5.41) is 0. The van der Waals surface area contributed by atoms with Crippen LogP contribution in [0.1, 0.15) is 43.9 Å². The van der Waals surface area contributed by atoms with E-state index in [2.05, 4.69) is 9.97 Å². The number of carbonyl (C=O) groups excluding carboxylic acids is 1. The van der Waals surface area contributed by atoms with Crippen LogP contribution in [0.3, 0.4) is 0 Å². The molecule has 1 aliphatic rings. The van der Waals surface area contributed by atoms with Gasteiger partial charge < -0.3 is 9.64 Å². The average Bonchev–Trinajstić information content (AvgIpc) is 3.19. The molecule has 0 radical (unpaired) electrons. The largest absolute Gasteiger partial charge is 0.416 e. The molecule has 2 aromatic heterocycles. The summed E-state index contributed by atoms with van der Waals surface area (Å²) in [6.07, 6.45) is -2.73. The Balaban J connectivity index is 1.43. The van der Waals surface area contributed by atoms with Gasteiger partial charge in [-0.1, -0.05) is 24.3 Å². The van der Waals surface area contributed by atoms with Crippen molar-refractivity contribution in [1.82, 2.24) is 14.9 Å². The van der Waals surface area contributed by atoms with Crippen LogP contribution < -0.4 is 0 Å². The number of hydrogen-bond acceptors (Lipinski definition) is 5. The van der Waals surface area contributed by atoms with E-state index in [1.165, 1.54) is 17.4 Å². The van der Waals surface area contributed by atoms with Crippen molar-refractivity contribution in [3.05, 3.63) is 81.1 Å². The Bertz CT molecular complexity index is 1070. The SMILES string of the molecule is Cc1ncsc1C(=O)N1CCO[C@H](c2ccc(Cc3cccc(C(F)(F)F)c3)cn2)C1. The van der Waals surface area contributed by atoms with Crippen LogP contribution in [0.5, 0.6) is 0 Å². The van der Waals surface area contributed by atoms with Gasteiger partial charge in [0.15, 0.2) is 0 Å². The Morgan fingerprint density at radius 1 is 1.23 bits per heavy atom. The van der Waals surface area contributed by atoms with Crippen LogP contribution in [0.25, 0.3) is 0 Å². The molecule has 1 amide bonds. The summed E-state index contributed by atoms with van der Waals surface area (Å²) < 4.78 is 44.5. The maximum Gasteiger partial charge on any atom is 0.416 e. The fourth-order valence-corrected chi connectivity index (χ4v) is 4.26. The molecule has 0 saturated carbocycles. The second-order valence-electron chi connectivity index (χ2n) is 7.34. The van der Waals surface area contributed by atoms with E-state index in [9.17, 15) is 18.0 Å². The van der Waals surface area contributed by atoms with E-state index in [1.54, 1.807) is 28.7 Å². The third-order valence-electron chi connectivity index (χ3n) is 5.13. The Morgan fingerprint density at radius 2 is 2.06 bits per heavy atom. The van der Waals surface area contributed by atoms with E-state index in [-0.39, 0.29) is 12.0 Å². The van der Waals surface area contributed by atoms with Crippen molar-refractivity contribution in [3.8, 4) is 0 Å². The van der Waals surface area contributed by atoms with Crippen LogP contribution >= 0.6 is 11.3 Å². The van der Waals surface area contributed by atoms with E-state index >= 15 is 0 Å². The van der Waals surface area contributed by atoms with Crippen molar-refractivity contribution < 1.29 is 22.7 Å². The van der Waals surface area contributed by atoms with Crippen LogP contribution in [0.15, 0.2) is 48.1 Å². The molecule has 1 aliphatic heterocycles. The first kappa shape index (κ1) is 21.5. The molecule has 1 aromatic carbocycles. The normalized spacial score (nSPS) is 17.0. The predicted molar refractivity (Wildman–Crippen MR) is 110 cm³/mol. The highest BCUT2D eigenvalue weighted by Crippen LogP contribution is 2.30. The molecule has 0 unspecified atom stereocenters. The summed E-state index contributed by atoms with van der Waals surface area (Å²) in [5.41, 5.74) is 3.76. The number of thiazole rings is 1. The van der Waals surface area contributed by atoms with Crippen LogP contribution in [0, 0.1) is 6.92 Å². The van der Waals surface area contributed by atoms with Gasteiger partial charge in [0, 0.05) is 12.7 Å². The van der Waals surface area contributed by atoms with Gasteiger partial charge >= 0.3 is 6.18 Å².